The third-order valence-corrected chi connectivity index (χ3v) is 2.45. The van der Waals surface area contributed by atoms with Gasteiger partial charge in [0.1, 0.15) is 0 Å². The summed E-state index contributed by atoms with van der Waals surface area (Å²) in [6.07, 6.45) is 5.05. The van der Waals surface area contributed by atoms with E-state index in [4.69, 9.17) is 3.32 Å². The van der Waals surface area contributed by atoms with Crippen LogP contribution in [0.3, 0.4) is 0 Å². The van der Waals surface area contributed by atoms with Crippen LogP contribution in [-0.4, -0.2) is 0 Å². The molecule has 0 radical (unpaired) electrons. The van der Waals surface area contributed by atoms with Crippen LogP contribution in [0.2, 0.25) is 0 Å². The van der Waals surface area contributed by atoms with Crippen LogP contribution in [0.5, 0.6) is 5.75 Å². The molecule has 0 bridgehead atoms. The first-order valence-electron chi connectivity index (χ1n) is 4.79. The summed E-state index contributed by atoms with van der Waals surface area (Å²) in [4.78, 5) is 0. The molecule has 1 rings (SSSR count). The van der Waals surface area contributed by atoms with Crippen LogP contribution in [0.1, 0.15) is 31.7 Å². The van der Waals surface area contributed by atoms with Crippen LogP contribution in [-0.2, 0) is 27.2 Å². The Morgan fingerprint density at radius 2 is 1.93 bits per heavy atom. The Hall–Kier alpha value is 0.314. The number of hydrogen-bond acceptors (Lipinski definition) is 1. The standard InChI is InChI=1S/C11H16O.2ClH.Ti/c1-2-3-4-6-10-7-5-8-11(12)9-10;;;/h5,7-9,12H,2-4,6H2,1H3;2*1H;/q;;;+1/p-1. The van der Waals surface area contributed by atoms with E-state index in [2.05, 4.69) is 25.1 Å². The fraction of sp³-hybridized carbons (Fsp3) is 0.455. The molecular formula is C11H17Cl2OTi. The molecule has 0 heterocycles. The van der Waals surface area contributed by atoms with Gasteiger partial charge in [0.15, 0.2) is 0 Å². The normalized spacial score (nSPS) is 8.53. The summed E-state index contributed by atoms with van der Waals surface area (Å²) < 4.78 is 5.16. The average molecular weight is 284 g/mol. The van der Waals surface area contributed by atoms with E-state index in [1.165, 1.54) is 31.2 Å². The second-order valence-electron chi connectivity index (χ2n) is 3.21. The summed E-state index contributed by atoms with van der Waals surface area (Å²) in [7, 11) is 0. The van der Waals surface area contributed by atoms with Crippen molar-refractivity contribution in [2.75, 3.05) is 0 Å². The zero-order chi connectivity index (χ0) is 9.52. The van der Waals surface area contributed by atoms with E-state index in [0.29, 0.717) is 0 Å². The molecule has 0 amide bonds. The molecule has 0 fully saturated rings. The van der Waals surface area contributed by atoms with E-state index in [9.17, 15) is 0 Å². The molecule has 1 aromatic carbocycles. The summed E-state index contributed by atoms with van der Waals surface area (Å²) in [5.41, 5.74) is 1.38. The fourth-order valence-electron chi connectivity index (χ4n) is 1.34. The van der Waals surface area contributed by atoms with Crippen LogP contribution in [0.15, 0.2) is 24.3 Å². The first kappa shape index (κ1) is 17.7. The number of unbranched alkanes of at least 4 members (excludes halogenated alkanes) is 2. The molecule has 85 valence electrons. The van der Waals surface area contributed by atoms with Gasteiger partial charge in [-0.2, -0.15) is 0 Å². The van der Waals surface area contributed by atoms with Crippen molar-refractivity contribution in [1.82, 2.24) is 0 Å². The van der Waals surface area contributed by atoms with Crippen molar-refractivity contribution in [2.45, 2.75) is 32.6 Å². The molecule has 0 saturated carbocycles. The minimum absolute atomic E-state index is 0. The topological polar surface area (TPSA) is 9.23 Å². The van der Waals surface area contributed by atoms with Gasteiger partial charge >= 0.3 is 92.3 Å². The van der Waals surface area contributed by atoms with Gasteiger partial charge in [0, 0.05) is 0 Å². The number of halogens is 2. The summed E-state index contributed by atoms with van der Waals surface area (Å²) >= 11 is 1.71. The molecule has 4 heteroatoms. The second-order valence-corrected chi connectivity index (χ2v) is 3.53. The molecule has 0 aliphatic carbocycles. The van der Waals surface area contributed by atoms with E-state index in [1.807, 2.05) is 6.07 Å². The van der Waals surface area contributed by atoms with Gasteiger partial charge in [-0.25, -0.2) is 0 Å². The molecule has 0 saturated heterocycles. The van der Waals surface area contributed by atoms with Gasteiger partial charge in [0.2, 0.25) is 0 Å². The van der Waals surface area contributed by atoms with E-state index in [1.54, 1.807) is 20.8 Å². The molecule has 0 aromatic heterocycles. The number of benzene rings is 1. The van der Waals surface area contributed by atoms with Crippen LogP contribution < -0.4 is 3.32 Å². The molecule has 15 heavy (non-hydrogen) atoms. The predicted octanol–water partition coefficient (Wildman–Crippen LogP) is 4.10. The molecule has 1 nitrogen and oxygen atoms in total. The number of hydrogen-bond donors (Lipinski definition) is 0. The maximum Gasteiger partial charge on any atom is -0.147 e. The van der Waals surface area contributed by atoms with Gasteiger partial charge in [-0.1, -0.05) is 0 Å². The molecule has 0 aliphatic heterocycles. The van der Waals surface area contributed by atoms with Gasteiger partial charge in [0.05, 0.1) is 0 Å². The number of aryl methyl sites for hydroxylation is 1. The van der Waals surface area contributed by atoms with Gasteiger partial charge in [0.25, 0.3) is 0 Å². The van der Waals surface area contributed by atoms with Crippen LogP contribution in [0.25, 0.3) is 0 Å². The monoisotopic (exact) mass is 283 g/mol. The first-order chi connectivity index (χ1) is 6.36. The second kappa shape index (κ2) is 10.8. The SMILES string of the molecule is CCCCCc1cccc([O][Ti])c1.Cl.Cl. The molecule has 0 aliphatic rings. The van der Waals surface area contributed by atoms with Crippen molar-refractivity contribution in [3.63, 3.8) is 0 Å². The molecule has 1 aromatic rings. The Bertz CT molecular complexity index is 256. The predicted molar refractivity (Wildman–Crippen MR) is 64.8 cm³/mol. The van der Waals surface area contributed by atoms with Crippen LogP contribution >= 0.6 is 24.8 Å². The molecular weight excluding hydrogens is 267 g/mol. The van der Waals surface area contributed by atoms with E-state index >= 15 is 0 Å². The summed E-state index contributed by atoms with van der Waals surface area (Å²) in [6.45, 7) is 2.23. The summed E-state index contributed by atoms with van der Waals surface area (Å²) in [5, 5.41) is 0. The van der Waals surface area contributed by atoms with Crippen molar-refractivity contribution in [1.29, 1.82) is 0 Å². The zero-order valence-electron chi connectivity index (χ0n) is 8.86. The molecule has 0 unspecified atom stereocenters. The Labute approximate surface area is 117 Å². The summed E-state index contributed by atoms with van der Waals surface area (Å²) in [5.74, 6) is 0.967. The zero-order valence-corrected chi connectivity index (χ0v) is 12.1. The Kier molecular flexibility index (Phi) is 12.8. The van der Waals surface area contributed by atoms with Gasteiger partial charge in [-0.05, 0) is 0 Å². The van der Waals surface area contributed by atoms with E-state index < -0.39 is 0 Å². The van der Waals surface area contributed by atoms with Crippen LogP contribution in [0.4, 0.5) is 0 Å². The summed E-state index contributed by atoms with van der Waals surface area (Å²) in [6, 6.07) is 8.33. The van der Waals surface area contributed by atoms with Gasteiger partial charge in [-0.3, -0.25) is 0 Å². The quantitative estimate of drug-likeness (QED) is 0.584. The van der Waals surface area contributed by atoms with E-state index in [-0.39, 0.29) is 24.8 Å². The van der Waals surface area contributed by atoms with Crippen molar-refractivity contribution >= 4 is 24.8 Å². The van der Waals surface area contributed by atoms with E-state index in [0.717, 1.165) is 5.75 Å². The Morgan fingerprint density at radius 3 is 2.53 bits per heavy atom. The Morgan fingerprint density at radius 1 is 1.20 bits per heavy atom. The average Bonchev–Trinajstić information content (AvgIpc) is 2.19. The van der Waals surface area contributed by atoms with Gasteiger partial charge in [-0.15, -0.1) is 24.8 Å². The van der Waals surface area contributed by atoms with Crippen molar-refractivity contribution in [2.24, 2.45) is 0 Å². The Balaban J connectivity index is 0. The minimum atomic E-state index is 0. The van der Waals surface area contributed by atoms with Crippen molar-refractivity contribution < 1.29 is 24.1 Å². The minimum Gasteiger partial charge on any atom is -0.147 e. The van der Waals surface area contributed by atoms with Gasteiger partial charge < -0.3 is 0 Å². The fourth-order valence-corrected chi connectivity index (χ4v) is 1.54. The first-order valence-corrected chi connectivity index (χ1v) is 5.43. The maximum absolute atomic E-state index is 5.16. The third kappa shape index (κ3) is 7.24. The third-order valence-electron chi connectivity index (χ3n) is 2.09. The smallest absolute Gasteiger partial charge is 0.147 e. The molecule has 0 spiro atoms. The van der Waals surface area contributed by atoms with Crippen molar-refractivity contribution in [3.05, 3.63) is 29.8 Å². The molecule has 0 atom stereocenters. The molecule has 0 N–H and O–H groups in total. The maximum atomic E-state index is 5.16. The van der Waals surface area contributed by atoms with Crippen LogP contribution in [0, 0.1) is 0 Å². The number of rotatable bonds is 5. The van der Waals surface area contributed by atoms with Crippen molar-refractivity contribution in [3.8, 4) is 5.75 Å². The largest absolute Gasteiger partial charge is 0.147 e.